The van der Waals surface area contributed by atoms with Crippen LogP contribution in [0, 0.1) is 17.8 Å². The van der Waals surface area contributed by atoms with Gasteiger partial charge in [0.05, 0.1) is 31.4 Å². The van der Waals surface area contributed by atoms with Gasteiger partial charge in [0.1, 0.15) is 17.6 Å². The van der Waals surface area contributed by atoms with Crippen LogP contribution >= 0.6 is 11.6 Å². The molecule has 30 heavy (non-hydrogen) atoms. The summed E-state index contributed by atoms with van der Waals surface area (Å²) in [5.74, 6) is 1.91. The molecule has 0 radical (unpaired) electrons. The molecule has 1 N–H and O–H groups in total. The average Bonchev–Trinajstić information content (AvgIpc) is 3.31. The van der Waals surface area contributed by atoms with Crippen LogP contribution in [0.5, 0.6) is 5.75 Å². The Balaban J connectivity index is 1.70. The number of esters is 2. The lowest BCUT2D eigenvalue weighted by Gasteiger charge is -2.23. The second-order valence-electron chi connectivity index (χ2n) is 7.93. The standard InChI is InChI=1S/C23H30ClNO5/c1-3-29-22(26)12-17(30-21-7-5-4-6-19(21)24)14-25-20(23(27)28-2)13-18-15-8-9-16(18)11-10-15/h4-7,12,15-16,18,20,25H,3,8-11,13-14H2,1-2H3/b17-12-. The van der Waals surface area contributed by atoms with Crippen LogP contribution in [0.25, 0.3) is 0 Å². The van der Waals surface area contributed by atoms with Crippen LogP contribution in [0.2, 0.25) is 5.02 Å². The third-order valence-corrected chi connectivity index (χ3v) is 6.50. The number of nitrogens with one attached hydrogen (secondary N) is 1. The van der Waals surface area contributed by atoms with E-state index in [1.807, 2.05) is 0 Å². The molecule has 3 rings (SSSR count). The molecule has 0 amide bonds. The second kappa shape index (κ2) is 10.8. The van der Waals surface area contributed by atoms with Crippen molar-refractivity contribution in [2.75, 3.05) is 20.3 Å². The maximum atomic E-state index is 12.4. The predicted octanol–water partition coefficient (Wildman–Crippen LogP) is 4.12. The maximum absolute atomic E-state index is 12.4. The van der Waals surface area contributed by atoms with Crippen molar-refractivity contribution in [3.05, 3.63) is 41.1 Å². The number of hydrogen-bond acceptors (Lipinski definition) is 6. The Hall–Kier alpha value is -2.05. The van der Waals surface area contributed by atoms with Gasteiger partial charge in [0.25, 0.3) is 0 Å². The number of para-hydroxylation sites is 1. The largest absolute Gasteiger partial charge is 0.468 e. The van der Waals surface area contributed by atoms with Gasteiger partial charge in [-0.05, 0) is 68.9 Å². The molecule has 0 saturated heterocycles. The van der Waals surface area contributed by atoms with Gasteiger partial charge >= 0.3 is 11.9 Å². The molecule has 2 fully saturated rings. The molecule has 7 heteroatoms. The molecular weight excluding hydrogens is 406 g/mol. The summed E-state index contributed by atoms with van der Waals surface area (Å²) in [7, 11) is 1.40. The van der Waals surface area contributed by atoms with Crippen molar-refractivity contribution in [3.63, 3.8) is 0 Å². The van der Waals surface area contributed by atoms with E-state index in [4.69, 9.17) is 25.8 Å². The van der Waals surface area contributed by atoms with Gasteiger partial charge in [-0.3, -0.25) is 10.1 Å². The van der Waals surface area contributed by atoms with Crippen LogP contribution in [-0.2, 0) is 19.1 Å². The fourth-order valence-electron chi connectivity index (χ4n) is 4.77. The van der Waals surface area contributed by atoms with E-state index in [1.54, 1.807) is 31.2 Å². The molecular formula is C23H30ClNO5. The lowest BCUT2D eigenvalue weighted by molar-refractivity contribution is -0.143. The van der Waals surface area contributed by atoms with Crippen LogP contribution in [-0.4, -0.2) is 38.2 Å². The zero-order chi connectivity index (χ0) is 21.5. The van der Waals surface area contributed by atoms with Crippen molar-refractivity contribution in [3.8, 4) is 5.75 Å². The van der Waals surface area contributed by atoms with Crippen molar-refractivity contribution in [1.82, 2.24) is 5.32 Å². The van der Waals surface area contributed by atoms with Crippen LogP contribution in [0.4, 0.5) is 0 Å². The van der Waals surface area contributed by atoms with Gasteiger partial charge in [0, 0.05) is 0 Å². The van der Waals surface area contributed by atoms with Crippen molar-refractivity contribution >= 4 is 23.5 Å². The fourth-order valence-corrected chi connectivity index (χ4v) is 4.95. The lowest BCUT2D eigenvalue weighted by atomic mass is 9.90. The van der Waals surface area contributed by atoms with E-state index in [0.717, 1.165) is 6.42 Å². The van der Waals surface area contributed by atoms with Crippen molar-refractivity contribution in [2.24, 2.45) is 17.8 Å². The third kappa shape index (κ3) is 5.76. The Morgan fingerprint density at radius 3 is 2.47 bits per heavy atom. The summed E-state index contributed by atoms with van der Waals surface area (Å²) < 4.78 is 15.9. The van der Waals surface area contributed by atoms with Crippen LogP contribution in [0.3, 0.4) is 0 Å². The molecule has 1 aromatic rings. The molecule has 1 unspecified atom stereocenters. The zero-order valence-electron chi connectivity index (χ0n) is 17.6. The Kier molecular flexibility index (Phi) is 8.16. The minimum absolute atomic E-state index is 0.172. The number of carbonyl (C=O) groups excluding carboxylic acids is 2. The number of rotatable bonds is 10. The zero-order valence-corrected chi connectivity index (χ0v) is 18.3. The molecule has 0 spiro atoms. The highest BCUT2D eigenvalue weighted by atomic mass is 35.5. The molecule has 0 aliphatic heterocycles. The van der Waals surface area contributed by atoms with E-state index in [9.17, 15) is 9.59 Å². The number of hydrogen-bond donors (Lipinski definition) is 1. The summed E-state index contributed by atoms with van der Waals surface area (Å²) in [4.78, 5) is 24.4. The van der Waals surface area contributed by atoms with Crippen molar-refractivity contribution in [1.29, 1.82) is 0 Å². The molecule has 2 aliphatic rings. The molecule has 2 bridgehead atoms. The number of fused-ring (bicyclic) bond motifs is 2. The van der Waals surface area contributed by atoms with Crippen LogP contribution < -0.4 is 10.1 Å². The lowest BCUT2D eigenvalue weighted by Crippen LogP contribution is -2.41. The Morgan fingerprint density at radius 1 is 1.20 bits per heavy atom. The van der Waals surface area contributed by atoms with Gasteiger partial charge in [-0.2, -0.15) is 0 Å². The van der Waals surface area contributed by atoms with E-state index in [2.05, 4.69) is 5.32 Å². The van der Waals surface area contributed by atoms with Gasteiger partial charge < -0.3 is 14.2 Å². The SMILES string of the molecule is CCOC(=O)/C=C(/CNC(CC1C2CCC1CC2)C(=O)OC)Oc1ccccc1Cl. The minimum Gasteiger partial charge on any atom is -0.468 e. The number of halogens is 1. The minimum atomic E-state index is -0.509. The highest BCUT2D eigenvalue weighted by Gasteiger charge is 2.43. The molecule has 2 aliphatic carbocycles. The first-order chi connectivity index (χ1) is 14.5. The highest BCUT2D eigenvalue weighted by Crippen LogP contribution is 2.51. The fraction of sp³-hybridized carbons (Fsp3) is 0.565. The maximum Gasteiger partial charge on any atom is 0.334 e. The molecule has 1 atom stereocenters. The summed E-state index contributed by atoms with van der Waals surface area (Å²) >= 11 is 6.19. The predicted molar refractivity (Wildman–Crippen MR) is 114 cm³/mol. The smallest absolute Gasteiger partial charge is 0.334 e. The Morgan fingerprint density at radius 2 is 1.87 bits per heavy atom. The summed E-state index contributed by atoms with van der Waals surface area (Å²) in [6, 6.07) is 6.56. The Labute approximate surface area is 182 Å². The highest BCUT2D eigenvalue weighted by molar-refractivity contribution is 6.32. The first-order valence-corrected chi connectivity index (χ1v) is 11.0. The van der Waals surface area contributed by atoms with Gasteiger partial charge in [-0.15, -0.1) is 0 Å². The number of carbonyl (C=O) groups is 2. The van der Waals surface area contributed by atoms with E-state index < -0.39 is 12.0 Å². The van der Waals surface area contributed by atoms with E-state index in [0.29, 0.717) is 34.3 Å². The first kappa shape index (κ1) is 22.6. The number of benzene rings is 1. The molecule has 164 valence electrons. The van der Waals surface area contributed by atoms with Gasteiger partial charge in [-0.1, -0.05) is 23.7 Å². The van der Waals surface area contributed by atoms with Crippen LogP contribution in [0.1, 0.15) is 39.0 Å². The Bertz CT molecular complexity index is 761. The van der Waals surface area contributed by atoms with Crippen molar-refractivity contribution < 1.29 is 23.8 Å². The quantitative estimate of drug-likeness (QED) is 0.338. The number of ether oxygens (including phenoxy) is 3. The van der Waals surface area contributed by atoms with Gasteiger partial charge in [-0.25, -0.2) is 4.79 Å². The summed E-state index contributed by atoms with van der Waals surface area (Å²) in [6.07, 6.45) is 7.05. The topological polar surface area (TPSA) is 73.9 Å². The first-order valence-electron chi connectivity index (χ1n) is 10.6. The summed E-state index contributed by atoms with van der Waals surface area (Å²) in [5.41, 5.74) is 0. The summed E-state index contributed by atoms with van der Waals surface area (Å²) in [6.45, 7) is 2.17. The second-order valence-corrected chi connectivity index (χ2v) is 8.33. The van der Waals surface area contributed by atoms with Gasteiger partial charge in [0.2, 0.25) is 0 Å². The van der Waals surface area contributed by atoms with E-state index in [1.165, 1.54) is 38.9 Å². The van der Waals surface area contributed by atoms with E-state index >= 15 is 0 Å². The third-order valence-electron chi connectivity index (χ3n) is 6.19. The van der Waals surface area contributed by atoms with E-state index in [-0.39, 0.29) is 19.1 Å². The number of methoxy groups -OCH3 is 1. The monoisotopic (exact) mass is 435 g/mol. The molecule has 1 aromatic carbocycles. The van der Waals surface area contributed by atoms with Gasteiger partial charge in [0.15, 0.2) is 0 Å². The molecule has 2 saturated carbocycles. The average molecular weight is 436 g/mol. The molecule has 0 heterocycles. The summed E-state index contributed by atoms with van der Waals surface area (Å²) in [5, 5.41) is 3.66. The van der Waals surface area contributed by atoms with Crippen LogP contribution in [0.15, 0.2) is 36.1 Å². The van der Waals surface area contributed by atoms with Crippen molar-refractivity contribution in [2.45, 2.75) is 45.1 Å². The molecule has 6 nitrogen and oxygen atoms in total. The molecule has 0 aromatic heterocycles. The normalized spacial score (nSPS) is 23.8.